The zero-order chi connectivity index (χ0) is 91.3. The van der Waals surface area contributed by atoms with Gasteiger partial charge in [-0.15, -0.1) is 0 Å². The molecule has 13 rings (SSSR count). The Morgan fingerprint density at radius 3 is 0.770 bits per heavy atom. The second-order valence-electron chi connectivity index (χ2n) is 40.5. The first-order valence-electron chi connectivity index (χ1n) is 51.4. The van der Waals surface area contributed by atoms with Gasteiger partial charge >= 0.3 is 47.8 Å². The first-order chi connectivity index (χ1) is 59.9. The third-order valence-electron chi connectivity index (χ3n) is 33.7. The van der Waals surface area contributed by atoms with E-state index in [4.69, 9.17) is 66.3 Å². The monoisotopic (exact) mass is 1920 g/mol. The van der Waals surface area contributed by atoms with Gasteiger partial charge in [0.25, 0.3) is 0 Å². The number of hydrogen-bond donors (Lipinski definition) is 0. The lowest BCUT2D eigenvalue weighted by molar-refractivity contribution is -0.181. The Kier molecular flexibility index (Phi) is 59.1. The topological polar surface area (TPSA) is 266 Å². The number of carbonyl (C=O) groups excluding carboxylic acids is 8. The normalized spacial score (nSPS) is 32.9. The summed E-state index contributed by atoms with van der Waals surface area (Å²) in [5.41, 5.74) is -2.63. The van der Waals surface area contributed by atoms with Gasteiger partial charge in [-0.05, 0) is 314 Å². The maximum atomic E-state index is 13.7. The van der Waals surface area contributed by atoms with Crippen LogP contribution in [0.25, 0.3) is 0 Å². The predicted molar refractivity (Wildman–Crippen MR) is 548 cm³/mol. The quantitative estimate of drug-likeness (QED) is 0.0428. The number of hydrogen-bond acceptors (Lipinski definition) is 22. The molecule has 13 aliphatic rings. The summed E-state index contributed by atoms with van der Waals surface area (Å²) in [7, 11) is 3.06. The van der Waals surface area contributed by atoms with Crippen molar-refractivity contribution in [3.05, 3.63) is 0 Å². The fourth-order valence-electron chi connectivity index (χ4n) is 25.3. The summed E-state index contributed by atoms with van der Waals surface area (Å²) in [5.74, 6) is -3.96. The largest absolute Gasteiger partial charge is 0.469 e. The highest BCUT2D eigenvalue weighted by atomic mass is 16.6. The molecule has 13 fully saturated rings. The van der Waals surface area contributed by atoms with Crippen LogP contribution in [0.4, 0.5) is 0 Å². The molecular weight excluding hydrogens is 1710 g/mol. The number of rotatable bonds is 34. The molecule has 0 aromatic rings. The van der Waals surface area contributed by atoms with Crippen molar-refractivity contribution in [1.82, 2.24) is 0 Å². The molecule has 0 aromatic carbocycles. The molecule has 5 heterocycles. The number of esters is 8. The molecule has 22 unspecified atom stereocenters. The first kappa shape index (κ1) is 133. The Morgan fingerprint density at radius 1 is 0.281 bits per heavy atom. The summed E-state index contributed by atoms with van der Waals surface area (Å²) in [6, 6.07) is 0. The number of methoxy groups -OCH3 is 2. The van der Waals surface area contributed by atoms with Crippen molar-refractivity contribution in [1.29, 1.82) is 0 Å². The van der Waals surface area contributed by atoms with E-state index in [0.717, 1.165) is 218 Å². The van der Waals surface area contributed by atoms with Gasteiger partial charge in [-0.25, -0.2) is 0 Å². The Labute approximate surface area is 828 Å². The van der Waals surface area contributed by atoms with Crippen LogP contribution >= 0.6 is 0 Å². The molecular formula is C113H214O22. The Morgan fingerprint density at radius 2 is 0.541 bits per heavy atom. The van der Waals surface area contributed by atoms with Crippen LogP contribution in [0.5, 0.6) is 0 Å². The van der Waals surface area contributed by atoms with E-state index in [1.165, 1.54) is 45.6 Å². The van der Waals surface area contributed by atoms with Crippen molar-refractivity contribution in [2.24, 2.45) is 64.6 Å². The van der Waals surface area contributed by atoms with Crippen molar-refractivity contribution in [2.75, 3.05) is 20.8 Å². The Balaban J connectivity index is 0. The van der Waals surface area contributed by atoms with Crippen molar-refractivity contribution >= 4 is 47.8 Å². The average Bonchev–Trinajstić information content (AvgIpc) is 1.60. The van der Waals surface area contributed by atoms with E-state index in [-0.39, 0.29) is 234 Å². The van der Waals surface area contributed by atoms with E-state index in [0.29, 0.717) is 57.0 Å². The zero-order valence-electron chi connectivity index (χ0n) is 81.8. The van der Waals surface area contributed by atoms with Crippen LogP contribution in [-0.2, 0) is 105 Å². The SMILES string of the molecule is C.C.C.C.C.C.C.C.C.C.CCC1CC(C)(C(=O)OC2(CC)CCCC2)C(CC)O1.CCC1OC(CC)C(C(=O)OC2(CC)CC3CCC2C3)C1C(=O)OC1(CC)CCCC1.CCC1OC(CC)C(C(=O)OC2(CC)CCCC2)C1C(=O)OC.CCC1OC(CC)C(C(=O)OC2(CC)CCCC2)C1C(=O)OC1(CC)CCCC1.CCC1OC(CC)C(C(=O)OC2(CC)CCCC2)C1COC. The van der Waals surface area contributed by atoms with E-state index >= 15 is 0 Å². The summed E-state index contributed by atoms with van der Waals surface area (Å²) < 4.78 is 83.7. The number of ether oxygens (including phenoxy) is 14. The third kappa shape index (κ3) is 30.3. The smallest absolute Gasteiger partial charge is 0.315 e. The van der Waals surface area contributed by atoms with Gasteiger partial charge in [0.1, 0.15) is 39.2 Å². The second-order valence-corrected chi connectivity index (χ2v) is 40.5. The van der Waals surface area contributed by atoms with Crippen LogP contribution in [0.1, 0.15) is 494 Å². The minimum atomic E-state index is -0.559. The minimum absolute atomic E-state index is 0. The van der Waals surface area contributed by atoms with Crippen LogP contribution in [0.15, 0.2) is 0 Å². The van der Waals surface area contributed by atoms with Crippen LogP contribution in [0.2, 0.25) is 0 Å². The lowest BCUT2D eigenvalue weighted by atomic mass is 9.80. The molecule has 135 heavy (non-hydrogen) atoms. The van der Waals surface area contributed by atoms with E-state index < -0.39 is 40.9 Å². The van der Waals surface area contributed by atoms with Crippen molar-refractivity contribution in [2.45, 2.75) is 594 Å². The fourth-order valence-corrected chi connectivity index (χ4v) is 25.3. The van der Waals surface area contributed by atoms with Crippen molar-refractivity contribution < 1.29 is 105 Å². The number of fused-ring (bicyclic) bond motifs is 2. The molecule has 22 atom stereocenters. The van der Waals surface area contributed by atoms with E-state index in [1.807, 2.05) is 48.5 Å². The third-order valence-corrected chi connectivity index (χ3v) is 33.7. The van der Waals surface area contributed by atoms with Crippen LogP contribution in [-0.4, -0.2) is 169 Å². The van der Waals surface area contributed by atoms with Gasteiger partial charge in [0.05, 0.1) is 122 Å². The van der Waals surface area contributed by atoms with Gasteiger partial charge < -0.3 is 66.3 Å². The Hall–Kier alpha value is -4.48. The molecule has 2 bridgehead atoms. The maximum absolute atomic E-state index is 13.7. The molecule has 8 saturated carbocycles. The highest BCUT2D eigenvalue weighted by molar-refractivity contribution is 5.86. The zero-order valence-corrected chi connectivity index (χ0v) is 81.8. The van der Waals surface area contributed by atoms with Gasteiger partial charge in [0.2, 0.25) is 0 Å². The second kappa shape index (κ2) is 60.2. The van der Waals surface area contributed by atoms with Gasteiger partial charge in [0, 0.05) is 13.0 Å². The minimum Gasteiger partial charge on any atom is -0.469 e. The van der Waals surface area contributed by atoms with E-state index in [2.05, 4.69) is 76.2 Å². The molecule has 5 saturated heterocycles. The highest BCUT2D eigenvalue weighted by Gasteiger charge is 2.61. The molecule has 0 N–H and O–H groups in total. The maximum Gasteiger partial charge on any atom is 0.315 e. The van der Waals surface area contributed by atoms with Crippen LogP contribution in [0.3, 0.4) is 0 Å². The standard InChI is InChI=1S/C26H42O5.C24H40O5.C18H30O5.C18H32O4.C17H30O3.10CH4/c1-5-19-21(23(27)30-25(7-3)13-9-10-14-25)22(20(6-2)29-19)24(28)31-26(8-4)16-17-11-12-18(26)15-17;1-5-17-19(21(25)28-23(7-3)13-9-10-14-23)20(18(6-2)27-17)22(26)29-24(8-4)15-11-12-16-24;1-5-12-14(16(19)21-4)15(13(6-2)22-12)17(20)23-18(7-3)10-8-9-11-18;1-5-14-13(12-20-4)16(15(6-2)21-14)17(19)22-18(7-3)10-8-9-11-18;1-5-13-12-16(4,14(6-2)19-13)15(18)20-17(7-3)10-8-9-11-17;;;;;;;;;;/h17-22H,5-16H2,1-4H3;17-20H,5-16H2,1-4H3;12-15H,5-11H2,1-4H3;13-16H,5-12H2,1-4H3;13-14H,5-12H2,1-4H3;10*1H4. The summed E-state index contributed by atoms with van der Waals surface area (Å²) in [5, 5.41) is 0. The van der Waals surface area contributed by atoms with Crippen molar-refractivity contribution in [3.63, 3.8) is 0 Å². The molecule has 0 amide bonds. The fraction of sp³-hybridized carbons (Fsp3) is 0.929. The van der Waals surface area contributed by atoms with E-state index in [9.17, 15) is 38.4 Å². The summed E-state index contributed by atoms with van der Waals surface area (Å²) in [6.45, 7) is 37.8. The molecule has 798 valence electrons. The van der Waals surface area contributed by atoms with Gasteiger partial charge in [0.15, 0.2) is 0 Å². The Bertz CT molecular complexity index is 3330. The molecule has 0 aromatic heterocycles. The first-order valence-corrected chi connectivity index (χ1v) is 51.4. The lowest BCUT2D eigenvalue weighted by Gasteiger charge is -2.38. The average molecular weight is 1920 g/mol. The van der Waals surface area contributed by atoms with Gasteiger partial charge in [-0.2, -0.15) is 0 Å². The highest BCUT2D eigenvalue weighted by Crippen LogP contribution is 2.56. The molecule has 0 radical (unpaired) electrons. The summed E-state index contributed by atoms with van der Waals surface area (Å²) in [4.78, 5) is 105. The summed E-state index contributed by atoms with van der Waals surface area (Å²) >= 11 is 0. The molecule has 22 nitrogen and oxygen atoms in total. The lowest BCUT2D eigenvalue weighted by Crippen LogP contribution is -2.46. The summed E-state index contributed by atoms with van der Waals surface area (Å²) in [6.07, 6.45) is 42.7. The van der Waals surface area contributed by atoms with Crippen LogP contribution in [0, 0.1) is 64.6 Å². The predicted octanol–water partition coefficient (Wildman–Crippen LogP) is 28.5. The van der Waals surface area contributed by atoms with Gasteiger partial charge in [-0.1, -0.05) is 192 Å². The molecule has 22 heteroatoms. The van der Waals surface area contributed by atoms with Crippen molar-refractivity contribution in [3.8, 4) is 0 Å². The molecule has 5 aliphatic heterocycles. The molecule has 0 spiro atoms. The van der Waals surface area contributed by atoms with E-state index in [1.54, 1.807) is 7.11 Å². The van der Waals surface area contributed by atoms with Gasteiger partial charge in [-0.3, -0.25) is 38.4 Å². The van der Waals surface area contributed by atoms with Crippen LogP contribution < -0.4 is 0 Å². The molecule has 8 aliphatic carbocycles. The number of carbonyl (C=O) groups is 8.